The fraction of sp³-hybridized carbons (Fsp3) is 0.529. The Morgan fingerprint density at radius 1 is 1.00 bits per heavy atom. The van der Waals surface area contributed by atoms with Crippen LogP contribution in [-0.2, 0) is 16.0 Å². The van der Waals surface area contributed by atoms with Crippen molar-refractivity contribution in [2.24, 2.45) is 5.92 Å². The average Bonchev–Trinajstić information content (AvgIpc) is 2.37. The summed E-state index contributed by atoms with van der Waals surface area (Å²) in [5, 5.41) is 3.23. The lowest BCUT2D eigenvalue weighted by atomic mass is 9.97. The summed E-state index contributed by atoms with van der Waals surface area (Å²) in [6.45, 7) is 7.32. The first-order valence-corrected chi connectivity index (χ1v) is 7.21. The third kappa shape index (κ3) is 5.66. The van der Waals surface area contributed by atoms with E-state index in [4.69, 9.17) is 0 Å². The Morgan fingerprint density at radius 2 is 1.55 bits per heavy atom. The standard InChI is InChI=1S/C17H25NO2/c1-12(2)10-16(13(3)19)18-17(14(4)20)11-15-8-6-5-7-9-15/h5-9,12,16-18H,10-11H2,1-4H3/t16-,17-/m0/s1. The first kappa shape index (κ1) is 16.6. The van der Waals surface area contributed by atoms with E-state index in [1.165, 1.54) is 0 Å². The van der Waals surface area contributed by atoms with E-state index < -0.39 is 0 Å². The van der Waals surface area contributed by atoms with Gasteiger partial charge in [-0.2, -0.15) is 0 Å². The Hall–Kier alpha value is -1.48. The molecule has 0 aromatic heterocycles. The fourth-order valence-corrected chi connectivity index (χ4v) is 2.24. The number of nitrogens with one attached hydrogen (secondary N) is 1. The molecular formula is C17H25NO2. The number of hydrogen-bond donors (Lipinski definition) is 1. The Bertz CT molecular complexity index is 440. The number of rotatable bonds is 8. The van der Waals surface area contributed by atoms with Crippen molar-refractivity contribution in [2.75, 3.05) is 0 Å². The molecule has 0 heterocycles. The first-order valence-electron chi connectivity index (χ1n) is 7.21. The summed E-state index contributed by atoms with van der Waals surface area (Å²) in [4.78, 5) is 23.5. The van der Waals surface area contributed by atoms with E-state index in [0.717, 1.165) is 12.0 Å². The Morgan fingerprint density at radius 3 is 2.00 bits per heavy atom. The predicted octanol–water partition coefficient (Wildman–Crippen LogP) is 2.78. The minimum Gasteiger partial charge on any atom is -0.298 e. The smallest absolute Gasteiger partial charge is 0.147 e. The molecule has 0 radical (unpaired) electrons. The molecule has 0 aliphatic carbocycles. The van der Waals surface area contributed by atoms with Gasteiger partial charge >= 0.3 is 0 Å². The van der Waals surface area contributed by atoms with Crippen LogP contribution < -0.4 is 5.32 Å². The number of hydrogen-bond acceptors (Lipinski definition) is 3. The number of benzene rings is 1. The number of carbonyl (C=O) groups excluding carboxylic acids is 2. The lowest BCUT2D eigenvalue weighted by molar-refractivity contribution is -0.121. The highest BCUT2D eigenvalue weighted by Gasteiger charge is 2.23. The Balaban J connectivity index is 2.75. The van der Waals surface area contributed by atoms with E-state index in [0.29, 0.717) is 12.3 Å². The molecule has 1 N–H and O–H groups in total. The third-order valence-corrected chi connectivity index (χ3v) is 3.37. The van der Waals surface area contributed by atoms with Crippen molar-refractivity contribution in [3.8, 4) is 0 Å². The van der Waals surface area contributed by atoms with Gasteiger partial charge in [0.2, 0.25) is 0 Å². The molecule has 3 heteroatoms. The van der Waals surface area contributed by atoms with E-state index in [-0.39, 0.29) is 23.7 Å². The van der Waals surface area contributed by atoms with E-state index in [1.54, 1.807) is 13.8 Å². The van der Waals surface area contributed by atoms with E-state index in [2.05, 4.69) is 19.2 Å². The molecule has 1 aromatic rings. The second-order valence-electron chi connectivity index (χ2n) is 5.81. The highest BCUT2D eigenvalue weighted by molar-refractivity contribution is 5.85. The molecule has 110 valence electrons. The minimum atomic E-state index is -0.301. The maximum Gasteiger partial charge on any atom is 0.147 e. The molecule has 0 amide bonds. The summed E-state index contributed by atoms with van der Waals surface area (Å²) in [5.74, 6) is 0.586. The van der Waals surface area contributed by atoms with Crippen LogP contribution in [0.15, 0.2) is 30.3 Å². The van der Waals surface area contributed by atoms with Gasteiger partial charge in [0.1, 0.15) is 11.6 Å². The molecule has 2 atom stereocenters. The highest BCUT2D eigenvalue weighted by atomic mass is 16.1. The largest absolute Gasteiger partial charge is 0.298 e. The van der Waals surface area contributed by atoms with Gasteiger partial charge in [0.25, 0.3) is 0 Å². The van der Waals surface area contributed by atoms with Gasteiger partial charge in [0.15, 0.2) is 0 Å². The SMILES string of the molecule is CC(=O)[C@H](Cc1ccccc1)N[C@@H](CC(C)C)C(C)=O. The van der Waals surface area contributed by atoms with Crippen molar-refractivity contribution in [2.45, 2.75) is 52.6 Å². The van der Waals surface area contributed by atoms with Crippen molar-refractivity contribution < 1.29 is 9.59 Å². The van der Waals surface area contributed by atoms with Crippen molar-refractivity contribution in [3.63, 3.8) is 0 Å². The number of Topliss-reactive ketones (excluding diaryl/α,β-unsaturated/α-hetero) is 2. The van der Waals surface area contributed by atoms with Gasteiger partial charge < -0.3 is 0 Å². The summed E-state index contributed by atoms with van der Waals surface area (Å²) in [6.07, 6.45) is 1.38. The molecule has 1 aromatic carbocycles. The van der Waals surface area contributed by atoms with E-state index >= 15 is 0 Å². The minimum absolute atomic E-state index is 0.0730. The maximum atomic E-state index is 11.8. The van der Waals surface area contributed by atoms with Crippen LogP contribution in [0.1, 0.15) is 39.7 Å². The van der Waals surface area contributed by atoms with Crippen molar-refractivity contribution >= 4 is 11.6 Å². The van der Waals surface area contributed by atoms with Crippen molar-refractivity contribution in [1.29, 1.82) is 0 Å². The number of ketones is 2. The molecule has 20 heavy (non-hydrogen) atoms. The fourth-order valence-electron chi connectivity index (χ4n) is 2.24. The molecule has 0 saturated heterocycles. The van der Waals surface area contributed by atoms with Crippen LogP contribution in [0.2, 0.25) is 0 Å². The van der Waals surface area contributed by atoms with Crippen LogP contribution >= 0.6 is 0 Å². The van der Waals surface area contributed by atoms with Crippen LogP contribution in [0.3, 0.4) is 0 Å². The summed E-state index contributed by atoms with van der Waals surface area (Å²) in [6, 6.07) is 9.34. The molecule has 3 nitrogen and oxygen atoms in total. The third-order valence-electron chi connectivity index (χ3n) is 3.37. The van der Waals surface area contributed by atoms with Crippen molar-refractivity contribution in [1.82, 2.24) is 5.32 Å². The van der Waals surface area contributed by atoms with Crippen LogP contribution in [0.4, 0.5) is 0 Å². The molecule has 0 unspecified atom stereocenters. The molecule has 0 fully saturated rings. The highest BCUT2D eigenvalue weighted by Crippen LogP contribution is 2.10. The second kappa shape index (κ2) is 7.95. The Kier molecular flexibility index (Phi) is 6.59. The van der Waals surface area contributed by atoms with E-state index in [1.807, 2.05) is 30.3 Å². The number of carbonyl (C=O) groups is 2. The lowest BCUT2D eigenvalue weighted by Gasteiger charge is -2.24. The zero-order valence-corrected chi connectivity index (χ0v) is 12.8. The van der Waals surface area contributed by atoms with Crippen LogP contribution in [0.25, 0.3) is 0 Å². The normalized spacial score (nSPS) is 14.1. The molecule has 0 aliphatic rings. The molecular weight excluding hydrogens is 250 g/mol. The van der Waals surface area contributed by atoms with Gasteiger partial charge in [0, 0.05) is 0 Å². The Labute approximate surface area is 121 Å². The molecule has 0 bridgehead atoms. The zero-order valence-electron chi connectivity index (χ0n) is 12.8. The van der Waals surface area contributed by atoms with Gasteiger partial charge in [-0.25, -0.2) is 0 Å². The molecule has 1 rings (SSSR count). The molecule has 0 saturated carbocycles. The average molecular weight is 275 g/mol. The second-order valence-corrected chi connectivity index (χ2v) is 5.81. The van der Waals surface area contributed by atoms with Gasteiger partial charge in [-0.05, 0) is 38.2 Å². The molecule has 0 spiro atoms. The summed E-state index contributed by atoms with van der Waals surface area (Å²) in [7, 11) is 0. The lowest BCUT2D eigenvalue weighted by Crippen LogP contribution is -2.47. The van der Waals surface area contributed by atoms with E-state index in [9.17, 15) is 9.59 Å². The maximum absolute atomic E-state index is 11.8. The van der Waals surface area contributed by atoms with Gasteiger partial charge in [-0.3, -0.25) is 14.9 Å². The van der Waals surface area contributed by atoms with Gasteiger partial charge in [0.05, 0.1) is 12.1 Å². The van der Waals surface area contributed by atoms with Crippen molar-refractivity contribution in [3.05, 3.63) is 35.9 Å². The van der Waals surface area contributed by atoms with Gasteiger partial charge in [-0.15, -0.1) is 0 Å². The summed E-state index contributed by atoms with van der Waals surface area (Å²) >= 11 is 0. The van der Waals surface area contributed by atoms with Gasteiger partial charge in [-0.1, -0.05) is 44.2 Å². The summed E-state index contributed by atoms with van der Waals surface area (Å²) in [5.41, 5.74) is 1.10. The topological polar surface area (TPSA) is 46.2 Å². The summed E-state index contributed by atoms with van der Waals surface area (Å²) < 4.78 is 0. The quantitative estimate of drug-likeness (QED) is 0.793. The first-order chi connectivity index (χ1) is 9.40. The van der Waals surface area contributed by atoms with Crippen LogP contribution in [0, 0.1) is 5.92 Å². The predicted molar refractivity (Wildman–Crippen MR) is 81.7 cm³/mol. The van der Waals surface area contributed by atoms with Crippen LogP contribution in [-0.4, -0.2) is 23.7 Å². The monoisotopic (exact) mass is 275 g/mol. The van der Waals surface area contributed by atoms with Crippen LogP contribution in [0.5, 0.6) is 0 Å². The molecule has 0 aliphatic heterocycles. The zero-order chi connectivity index (χ0) is 15.1.